The molecule has 1 heterocycles. The second-order valence-corrected chi connectivity index (χ2v) is 8.41. The Bertz CT molecular complexity index is 1400. The van der Waals surface area contributed by atoms with E-state index in [1.807, 2.05) is 72.8 Å². The van der Waals surface area contributed by atoms with E-state index in [0.29, 0.717) is 10.6 Å². The molecule has 0 unspecified atom stereocenters. The third-order valence-corrected chi connectivity index (χ3v) is 5.91. The van der Waals surface area contributed by atoms with E-state index in [1.54, 1.807) is 18.3 Å². The van der Waals surface area contributed by atoms with Gasteiger partial charge >= 0.3 is 0 Å². The van der Waals surface area contributed by atoms with E-state index in [-0.39, 0.29) is 5.91 Å². The highest BCUT2D eigenvalue weighted by Gasteiger charge is 2.14. The zero-order chi connectivity index (χ0) is 24.0. The molecule has 4 aromatic carbocycles. The van der Waals surface area contributed by atoms with Crippen molar-refractivity contribution >= 4 is 23.7 Å². The summed E-state index contributed by atoms with van der Waals surface area (Å²) in [5.74, 6) is -0.277. The first-order valence-corrected chi connectivity index (χ1v) is 11.6. The predicted molar refractivity (Wildman–Crippen MR) is 143 cm³/mol. The second kappa shape index (κ2) is 10.2. The van der Waals surface area contributed by atoms with Crippen molar-refractivity contribution in [1.29, 1.82) is 0 Å². The molecule has 1 amide bonds. The molecule has 0 fully saturated rings. The third kappa shape index (κ3) is 5.08. The molecular formula is C30H22ClN3O. The number of nitrogens with one attached hydrogen (secondary N) is 1. The van der Waals surface area contributed by atoms with Crippen LogP contribution >= 0.6 is 11.6 Å². The molecule has 4 nitrogen and oxygen atoms in total. The van der Waals surface area contributed by atoms with E-state index in [1.165, 1.54) is 0 Å². The van der Waals surface area contributed by atoms with E-state index in [4.69, 9.17) is 11.6 Å². The van der Waals surface area contributed by atoms with Crippen molar-refractivity contribution in [3.05, 3.63) is 137 Å². The Labute approximate surface area is 209 Å². The van der Waals surface area contributed by atoms with E-state index in [9.17, 15) is 4.79 Å². The van der Waals surface area contributed by atoms with Crippen LogP contribution in [-0.2, 0) is 0 Å². The lowest BCUT2D eigenvalue weighted by molar-refractivity contribution is 0.0955. The molecule has 1 N–H and O–H groups in total. The van der Waals surface area contributed by atoms with Gasteiger partial charge < -0.3 is 4.57 Å². The van der Waals surface area contributed by atoms with Crippen LogP contribution in [0.5, 0.6) is 0 Å². The Balaban J connectivity index is 1.43. The van der Waals surface area contributed by atoms with Gasteiger partial charge in [0.15, 0.2) is 0 Å². The molecular weight excluding hydrogens is 454 g/mol. The van der Waals surface area contributed by atoms with Crippen LogP contribution in [0.3, 0.4) is 0 Å². The molecule has 0 saturated carbocycles. The van der Waals surface area contributed by atoms with Crippen molar-refractivity contribution in [1.82, 2.24) is 9.99 Å². The van der Waals surface area contributed by atoms with E-state index >= 15 is 0 Å². The number of aromatic nitrogens is 1. The van der Waals surface area contributed by atoms with E-state index in [0.717, 1.165) is 33.8 Å². The van der Waals surface area contributed by atoms with Gasteiger partial charge in [-0.05, 0) is 65.2 Å². The highest BCUT2D eigenvalue weighted by Crippen LogP contribution is 2.32. The lowest BCUT2D eigenvalue weighted by Crippen LogP contribution is -2.17. The third-order valence-electron chi connectivity index (χ3n) is 5.66. The van der Waals surface area contributed by atoms with Crippen molar-refractivity contribution in [3.63, 3.8) is 0 Å². The molecule has 1 aromatic heterocycles. The maximum atomic E-state index is 12.6. The molecule has 0 aliphatic rings. The number of nitrogens with zero attached hydrogens (tertiary/aromatic N) is 2. The smallest absolute Gasteiger partial charge is 0.271 e. The highest BCUT2D eigenvalue weighted by molar-refractivity contribution is 6.30. The van der Waals surface area contributed by atoms with Gasteiger partial charge in [0.2, 0.25) is 0 Å². The zero-order valence-corrected chi connectivity index (χ0v) is 19.6. The van der Waals surface area contributed by atoms with Crippen molar-refractivity contribution in [2.45, 2.75) is 0 Å². The summed E-state index contributed by atoms with van der Waals surface area (Å²) < 4.78 is 2.21. The van der Waals surface area contributed by atoms with Crippen LogP contribution in [0, 0.1) is 0 Å². The molecule has 170 valence electrons. The average Bonchev–Trinajstić information content (AvgIpc) is 3.36. The van der Waals surface area contributed by atoms with Crippen LogP contribution in [0.15, 0.2) is 126 Å². The predicted octanol–water partition coefficient (Wildman–Crippen LogP) is 7.23. The maximum absolute atomic E-state index is 12.6. The molecule has 0 spiro atoms. The summed E-state index contributed by atoms with van der Waals surface area (Å²) in [6.45, 7) is 0. The summed E-state index contributed by atoms with van der Waals surface area (Å²) in [7, 11) is 0. The number of hydrogen-bond acceptors (Lipinski definition) is 2. The Morgan fingerprint density at radius 1 is 0.686 bits per heavy atom. The summed E-state index contributed by atoms with van der Waals surface area (Å²) in [4.78, 5) is 12.6. The van der Waals surface area contributed by atoms with Crippen molar-refractivity contribution in [2.75, 3.05) is 0 Å². The van der Waals surface area contributed by atoms with Crippen LogP contribution in [-0.4, -0.2) is 16.7 Å². The van der Waals surface area contributed by atoms with Crippen LogP contribution in [0.4, 0.5) is 0 Å². The minimum Gasteiger partial charge on any atom is -0.309 e. The fraction of sp³-hybridized carbons (Fsp3) is 0. The lowest BCUT2D eigenvalue weighted by atomic mass is 10.1. The number of hydrazone groups is 1. The first kappa shape index (κ1) is 22.4. The second-order valence-electron chi connectivity index (χ2n) is 7.97. The van der Waals surface area contributed by atoms with Crippen LogP contribution < -0.4 is 5.43 Å². The SMILES string of the molecule is O=C(N/N=C\c1ccc(Cl)cc1)c1ccc(-n2c(-c3ccccc3)ccc2-c2ccccc2)cc1. The van der Waals surface area contributed by atoms with Gasteiger partial charge in [-0.15, -0.1) is 0 Å². The van der Waals surface area contributed by atoms with Gasteiger partial charge in [0.05, 0.1) is 17.6 Å². The largest absolute Gasteiger partial charge is 0.309 e. The molecule has 0 atom stereocenters. The average molecular weight is 476 g/mol. The Morgan fingerprint density at radius 3 is 1.77 bits per heavy atom. The van der Waals surface area contributed by atoms with Crippen LogP contribution in [0.1, 0.15) is 15.9 Å². The van der Waals surface area contributed by atoms with Crippen molar-refractivity contribution in [3.8, 4) is 28.2 Å². The Hall–Kier alpha value is -4.41. The normalized spacial score (nSPS) is 11.0. The summed E-state index contributed by atoms with van der Waals surface area (Å²) in [5, 5.41) is 4.71. The number of rotatable bonds is 6. The summed E-state index contributed by atoms with van der Waals surface area (Å²) in [5.41, 5.74) is 9.31. The molecule has 0 bridgehead atoms. The van der Waals surface area contributed by atoms with Gasteiger partial charge in [-0.25, -0.2) is 5.43 Å². The first-order valence-electron chi connectivity index (χ1n) is 11.2. The number of benzene rings is 4. The quantitative estimate of drug-likeness (QED) is 0.204. The fourth-order valence-electron chi connectivity index (χ4n) is 3.92. The molecule has 0 aliphatic carbocycles. The Morgan fingerprint density at radius 2 is 1.23 bits per heavy atom. The standard InChI is InChI=1S/C30H22ClN3O/c31-26-15-11-22(12-16-26)21-32-33-30(35)25-13-17-27(18-14-25)34-28(23-7-3-1-4-8-23)19-20-29(34)24-9-5-2-6-10-24/h1-21H,(H,33,35)/b32-21-. The number of hydrogen-bond donors (Lipinski definition) is 1. The number of carbonyl (C=O) groups excluding carboxylic acids is 1. The topological polar surface area (TPSA) is 46.4 Å². The van der Waals surface area contributed by atoms with Gasteiger partial charge in [-0.1, -0.05) is 84.4 Å². The first-order chi connectivity index (χ1) is 17.2. The molecule has 5 aromatic rings. The molecule has 5 rings (SSSR count). The summed E-state index contributed by atoms with van der Waals surface area (Å²) in [6.07, 6.45) is 1.58. The maximum Gasteiger partial charge on any atom is 0.271 e. The fourth-order valence-corrected chi connectivity index (χ4v) is 4.05. The number of halogens is 1. The minimum atomic E-state index is -0.277. The Kier molecular flexibility index (Phi) is 6.55. The monoisotopic (exact) mass is 475 g/mol. The van der Waals surface area contributed by atoms with Gasteiger partial charge in [0, 0.05) is 16.3 Å². The van der Waals surface area contributed by atoms with E-state index in [2.05, 4.69) is 51.5 Å². The lowest BCUT2D eigenvalue weighted by Gasteiger charge is -2.15. The number of carbonyl (C=O) groups is 1. The van der Waals surface area contributed by atoms with Crippen LogP contribution in [0.25, 0.3) is 28.2 Å². The minimum absolute atomic E-state index is 0.277. The summed E-state index contributed by atoms with van der Waals surface area (Å²) in [6, 6.07) is 39.6. The van der Waals surface area contributed by atoms with E-state index < -0.39 is 0 Å². The molecule has 35 heavy (non-hydrogen) atoms. The highest BCUT2D eigenvalue weighted by atomic mass is 35.5. The zero-order valence-electron chi connectivity index (χ0n) is 18.8. The van der Waals surface area contributed by atoms with Gasteiger partial charge in [-0.2, -0.15) is 5.10 Å². The molecule has 0 saturated heterocycles. The molecule has 0 aliphatic heterocycles. The van der Waals surface area contributed by atoms with Gasteiger partial charge in [0.1, 0.15) is 0 Å². The van der Waals surface area contributed by atoms with Crippen LogP contribution in [0.2, 0.25) is 5.02 Å². The molecule has 0 radical (unpaired) electrons. The van der Waals surface area contributed by atoms with Gasteiger partial charge in [-0.3, -0.25) is 4.79 Å². The summed E-state index contributed by atoms with van der Waals surface area (Å²) >= 11 is 5.90. The number of amides is 1. The molecule has 5 heteroatoms. The van der Waals surface area contributed by atoms with Gasteiger partial charge in [0.25, 0.3) is 5.91 Å². The van der Waals surface area contributed by atoms with Crippen molar-refractivity contribution in [2.24, 2.45) is 5.10 Å². The van der Waals surface area contributed by atoms with Crippen molar-refractivity contribution < 1.29 is 4.79 Å².